The number of β-amino-alcohol motifs (C(OH)–C–C–N with tert-alkyl or cyclic N) is 1. The number of benzene rings is 1. The van der Waals surface area contributed by atoms with Gasteiger partial charge in [-0.1, -0.05) is 18.2 Å². The summed E-state index contributed by atoms with van der Waals surface area (Å²) in [6.45, 7) is 0.740. The number of aromatic nitrogens is 1. The number of nitrogens with zero attached hydrogens (tertiary/aromatic N) is 3. The number of likely N-dealkylation sites (tertiary alicyclic amines) is 2. The van der Waals surface area contributed by atoms with Crippen molar-refractivity contribution in [3.05, 3.63) is 54.4 Å². The predicted molar refractivity (Wildman–Crippen MR) is 106 cm³/mol. The number of carbonyl (C=O) groups excluding carboxylic acids is 3. The van der Waals surface area contributed by atoms with Crippen LogP contribution in [0.4, 0.5) is 0 Å². The Morgan fingerprint density at radius 2 is 1.90 bits per heavy atom. The Hall–Kier alpha value is -3.06. The van der Waals surface area contributed by atoms with Gasteiger partial charge in [0.15, 0.2) is 5.78 Å². The number of hydrogen-bond acceptors (Lipinski definition) is 5. The second kappa shape index (κ2) is 8.13. The molecule has 0 saturated carbocycles. The molecule has 2 amide bonds. The van der Waals surface area contributed by atoms with Crippen LogP contribution in [0.3, 0.4) is 0 Å². The van der Waals surface area contributed by atoms with Gasteiger partial charge in [0.25, 0.3) is 5.91 Å². The van der Waals surface area contributed by atoms with E-state index in [1.807, 2.05) is 24.3 Å². The normalized spacial score (nSPS) is 22.0. The average Bonchev–Trinajstić information content (AvgIpc) is 3.15. The fourth-order valence-electron chi connectivity index (χ4n) is 3.99. The van der Waals surface area contributed by atoms with Crippen molar-refractivity contribution in [3.8, 4) is 11.1 Å². The van der Waals surface area contributed by atoms with Gasteiger partial charge in [-0.05, 0) is 42.2 Å². The molecule has 2 aromatic rings. The maximum Gasteiger partial charge on any atom is 0.254 e. The van der Waals surface area contributed by atoms with Crippen LogP contribution in [0.1, 0.15) is 29.6 Å². The molecule has 1 aromatic heterocycles. The average molecular weight is 393 g/mol. The summed E-state index contributed by atoms with van der Waals surface area (Å²) in [5, 5.41) is 9.85. The van der Waals surface area contributed by atoms with Gasteiger partial charge >= 0.3 is 0 Å². The summed E-state index contributed by atoms with van der Waals surface area (Å²) in [7, 11) is 0. The highest BCUT2D eigenvalue weighted by molar-refractivity contribution is 6.04. The van der Waals surface area contributed by atoms with Crippen LogP contribution in [0.2, 0.25) is 0 Å². The first-order valence-corrected chi connectivity index (χ1v) is 9.83. The number of carbonyl (C=O) groups is 3. The molecular formula is C22H23N3O4. The standard InChI is InChI=1S/C22H23N3O4/c26-18-4-2-10-24(13-18)22(29)20-11-19(27)14-25(20)21(28)16-7-5-15(6-8-16)17-3-1-9-23-12-17/h1,3,5-9,12,18,20,26H,2,4,10-11,13-14H2/t18-,20-/m0/s1. The first-order chi connectivity index (χ1) is 14.0. The van der Waals surface area contributed by atoms with E-state index >= 15 is 0 Å². The topological polar surface area (TPSA) is 90.8 Å². The van der Waals surface area contributed by atoms with Gasteiger partial charge in [-0.25, -0.2) is 0 Å². The molecule has 2 aliphatic rings. The molecule has 0 aliphatic carbocycles. The van der Waals surface area contributed by atoms with Crippen molar-refractivity contribution in [2.75, 3.05) is 19.6 Å². The third-order valence-corrected chi connectivity index (χ3v) is 5.52. The lowest BCUT2D eigenvalue weighted by atomic mass is 10.0. The van der Waals surface area contributed by atoms with E-state index in [9.17, 15) is 19.5 Å². The van der Waals surface area contributed by atoms with Crippen molar-refractivity contribution in [3.63, 3.8) is 0 Å². The van der Waals surface area contributed by atoms with Crippen LogP contribution in [-0.2, 0) is 9.59 Å². The number of aliphatic hydroxyl groups excluding tert-OH is 1. The molecule has 7 heteroatoms. The second-order valence-electron chi connectivity index (χ2n) is 7.59. The Kier molecular flexibility index (Phi) is 5.40. The van der Waals surface area contributed by atoms with Gasteiger partial charge in [0, 0.05) is 37.5 Å². The van der Waals surface area contributed by atoms with Gasteiger partial charge in [-0.3, -0.25) is 19.4 Å². The number of rotatable bonds is 3. The Labute approximate surface area is 169 Å². The van der Waals surface area contributed by atoms with Crippen LogP contribution in [0.25, 0.3) is 11.1 Å². The summed E-state index contributed by atoms with van der Waals surface area (Å²) in [5.74, 6) is -0.708. The third kappa shape index (κ3) is 4.05. The minimum Gasteiger partial charge on any atom is -0.391 e. The monoisotopic (exact) mass is 393 g/mol. The molecule has 1 aromatic carbocycles. The fraction of sp³-hybridized carbons (Fsp3) is 0.364. The van der Waals surface area contributed by atoms with Crippen LogP contribution >= 0.6 is 0 Å². The summed E-state index contributed by atoms with van der Waals surface area (Å²) in [6.07, 6.45) is 4.32. The van der Waals surface area contributed by atoms with Gasteiger partial charge in [0.1, 0.15) is 6.04 Å². The van der Waals surface area contributed by atoms with Crippen molar-refractivity contribution in [2.45, 2.75) is 31.4 Å². The van der Waals surface area contributed by atoms with Crippen molar-refractivity contribution in [1.82, 2.24) is 14.8 Å². The number of aliphatic hydroxyl groups is 1. The van der Waals surface area contributed by atoms with E-state index in [-0.39, 0.29) is 37.1 Å². The number of amides is 2. The Bertz CT molecular complexity index is 913. The van der Waals surface area contributed by atoms with E-state index in [1.165, 1.54) is 4.90 Å². The van der Waals surface area contributed by atoms with Crippen molar-refractivity contribution in [2.24, 2.45) is 0 Å². The van der Waals surface area contributed by atoms with Crippen LogP contribution in [0.15, 0.2) is 48.8 Å². The summed E-state index contributed by atoms with van der Waals surface area (Å²) >= 11 is 0. The molecule has 2 saturated heterocycles. The highest BCUT2D eigenvalue weighted by Gasteiger charge is 2.41. The molecule has 2 atom stereocenters. The van der Waals surface area contributed by atoms with E-state index in [4.69, 9.17) is 0 Å². The molecule has 0 radical (unpaired) electrons. The van der Waals surface area contributed by atoms with Gasteiger partial charge in [0.2, 0.25) is 5.91 Å². The lowest BCUT2D eigenvalue weighted by Crippen LogP contribution is -2.51. The quantitative estimate of drug-likeness (QED) is 0.854. The molecule has 2 fully saturated rings. The third-order valence-electron chi connectivity index (χ3n) is 5.52. The van der Waals surface area contributed by atoms with Gasteiger partial charge in [-0.15, -0.1) is 0 Å². The SMILES string of the molecule is O=C1C[C@@H](C(=O)N2CCC[C@H](O)C2)N(C(=O)c2ccc(-c3cccnc3)cc2)C1. The largest absolute Gasteiger partial charge is 0.391 e. The molecule has 1 N–H and O–H groups in total. The summed E-state index contributed by atoms with van der Waals surface area (Å²) < 4.78 is 0. The lowest BCUT2D eigenvalue weighted by Gasteiger charge is -2.34. The second-order valence-corrected chi connectivity index (χ2v) is 7.59. The fourth-order valence-corrected chi connectivity index (χ4v) is 3.99. The molecule has 0 bridgehead atoms. The van der Waals surface area contributed by atoms with Crippen LogP contribution in [0, 0.1) is 0 Å². The number of pyridine rings is 1. The van der Waals surface area contributed by atoms with E-state index in [0.29, 0.717) is 18.5 Å². The van der Waals surface area contributed by atoms with Gasteiger partial charge in [-0.2, -0.15) is 0 Å². The van der Waals surface area contributed by atoms with Crippen LogP contribution in [-0.4, -0.2) is 69.3 Å². The van der Waals surface area contributed by atoms with Crippen molar-refractivity contribution >= 4 is 17.6 Å². The Balaban J connectivity index is 1.52. The zero-order valence-corrected chi connectivity index (χ0v) is 16.0. The molecule has 7 nitrogen and oxygen atoms in total. The number of ketones is 1. The van der Waals surface area contributed by atoms with Crippen LogP contribution in [0.5, 0.6) is 0 Å². The van der Waals surface area contributed by atoms with E-state index in [1.54, 1.807) is 29.4 Å². The molecule has 0 spiro atoms. The maximum absolute atomic E-state index is 13.0. The maximum atomic E-state index is 13.0. The van der Waals surface area contributed by atoms with E-state index in [2.05, 4.69) is 4.98 Å². The minimum atomic E-state index is -0.793. The Morgan fingerprint density at radius 1 is 1.10 bits per heavy atom. The number of Topliss-reactive ketones (excluding diaryl/α,β-unsaturated/α-hetero) is 1. The first-order valence-electron chi connectivity index (χ1n) is 9.83. The number of hydrogen-bond donors (Lipinski definition) is 1. The summed E-state index contributed by atoms with van der Waals surface area (Å²) in [5.41, 5.74) is 2.31. The molecule has 150 valence electrons. The molecular weight excluding hydrogens is 370 g/mol. The highest BCUT2D eigenvalue weighted by atomic mass is 16.3. The van der Waals surface area contributed by atoms with E-state index in [0.717, 1.165) is 17.5 Å². The molecule has 2 aliphatic heterocycles. The van der Waals surface area contributed by atoms with Crippen molar-refractivity contribution in [1.29, 1.82) is 0 Å². The molecule has 29 heavy (non-hydrogen) atoms. The lowest BCUT2D eigenvalue weighted by molar-refractivity contribution is -0.138. The Morgan fingerprint density at radius 3 is 2.59 bits per heavy atom. The zero-order chi connectivity index (χ0) is 20.4. The smallest absolute Gasteiger partial charge is 0.254 e. The zero-order valence-electron chi connectivity index (χ0n) is 16.0. The minimum absolute atomic E-state index is 0.0327. The number of piperidine rings is 1. The van der Waals surface area contributed by atoms with Crippen LogP contribution < -0.4 is 0 Å². The molecule has 4 rings (SSSR count). The molecule has 3 heterocycles. The van der Waals surface area contributed by atoms with Gasteiger partial charge in [0.05, 0.1) is 12.6 Å². The summed E-state index contributed by atoms with van der Waals surface area (Å²) in [4.78, 5) is 45.1. The van der Waals surface area contributed by atoms with Crippen molar-refractivity contribution < 1.29 is 19.5 Å². The summed E-state index contributed by atoms with van der Waals surface area (Å²) in [6, 6.07) is 10.1. The molecule has 0 unspecified atom stereocenters. The van der Waals surface area contributed by atoms with Gasteiger partial charge < -0.3 is 14.9 Å². The highest BCUT2D eigenvalue weighted by Crippen LogP contribution is 2.24. The first kappa shape index (κ1) is 19.3. The van der Waals surface area contributed by atoms with E-state index < -0.39 is 12.1 Å². The predicted octanol–water partition coefficient (Wildman–Crippen LogP) is 1.52.